The van der Waals surface area contributed by atoms with Gasteiger partial charge in [-0.05, 0) is 11.8 Å². The summed E-state index contributed by atoms with van der Waals surface area (Å²) in [4.78, 5) is 10.9. The molecule has 0 saturated heterocycles. The molecule has 3 heteroatoms. The molecule has 0 bridgehead atoms. The number of esters is 1. The van der Waals surface area contributed by atoms with E-state index in [2.05, 4.69) is 0 Å². The fraction of sp³-hybridized carbons (Fsp3) is 0.889. The summed E-state index contributed by atoms with van der Waals surface area (Å²) in [6, 6.07) is 0. The molecule has 0 aliphatic rings. The number of carbonyl (C=O) groups is 1. The topological polar surface area (TPSA) is 26.3 Å². The van der Waals surface area contributed by atoms with E-state index in [1.54, 1.807) is 0 Å². The molecule has 0 amide bonds. The molecular formula is C9H21AlO2. The van der Waals surface area contributed by atoms with Crippen LogP contribution in [0.5, 0.6) is 0 Å². The molecule has 0 aromatic rings. The van der Waals surface area contributed by atoms with E-state index < -0.39 is 0 Å². The van der Waals surface area contributed by atoms with Crippen LogP contribution in [-0.2, 0) is 9.53 Å². The van der Waals surface area contributed by atoms with Gasteiger partial charge in [-0.3, -0.25) is 4.79 Å². The third kappa shape index (κ3) is 10.0. The Morgan fingerprint density at radius 3 is 2.00 bits per heavy atom. The van der Waals surface area contributed by atoms with Gasteiger partial charge in [0, 0.05) is 6.42 Å². The highest BCUT2D eigenvalue weighted by Gasteiger charge is 2.06. The Balaban J connectivity index is 0. The summed E-state index contributed by atoms with van der Waals surface area (Å²) in [5, 5.41) is 0. The van der Waals surface area contributed by atoms with Crippen LogP contribution in [0.25, 0.3) is 0 Å². The Kier molecular flexibility index (Phi) is 9.25. The van der Waals surface area contributed by atoms with Crippen molar-refractivity contribution in [1.82, 2.24) is 0 Å². The van der Waals surface area contributed by atoms with Crippen molar-refractivity contribution >= 4 is 23.3 Å². The minimum absolute atomic E-state index is 0. The summed E-state index contributed by atoms with van der Waals surface area (Å²) >= 11 is 0. The molecule has 0 aromatic heterocycles. The quantitative estimate of drug-likeness (QED) is 0.487. The number of hydrogen-bond acceptors (Lipinski definition) is 2. The van der Waals surface area contributed by atoms with Crippen molar-refractivity contribution in [2.45, 2.75) is 34.1 Å². The van der Waals surface area contributed by atoms with E-state index in [9.17, 15) is 4.79 Å². The monoisotopic (exact) mass is 188 g/mol. The van der Waals surface area contributed by atoms with Crippen LogP contribution in [0.4, 0.5) is 0 Å². The lowest BCUT2D eigenvalue weighted by atomic mass is 10.1. The third-order valence-electron chi connectivity index (χ3n) is 1.15. The van der Waals surface area contributed by atoms with Gasteiger partial charge < -0.3 is 4.74 Å². The first-order valence-electron chi connectivity index (χ1n) is 4.18. The number of ether oxygens (including phenoxy) is 1. The van der Waals surface area contributed by atoms with Crippen molar-refractivity contribution in [2.24, 2.45) is 11.8 Å². The summed E-state index contributed by atoms with van der Waals surface area (Å²) < 4.78 is 4.98. The Bertz CT molecular complexity index is 122. The van der Waals surface area contributed by atoms with Crippen LogP contribution in [0.2, 0.25) is 0 Å². The average Bonchev–Trinajstić information content (AvgIpc) is 1.82. The molecule has 0 radical (unpaired) electrons. The minimum Gasteiger partial charge on any atom is -0.465 e. The van der Waals surface area contributed by atoms with Gasteiger partial charge in [-0.2, -0.15) is 0 Å². The highest BCUT2D eigenvalue weighted by atomic mass is 27.0. The van der Waals surface area contributed by atoms with Gasteiger partial charge in [0.15, 0.2) is 17.4 Å². The molecule has 0 saturated carbocycles. The maximum absolute atomic E-state index is 10.9. The van der Waals surface area contributed by atoms with Crippen LogP contribution in [0.1, 0.15) is 34.1 Å². The van der Waals surface area contributed by atoms with Crippen molar-refractivity contribution in [3.8, 4) is 0 Å². The largest absolute Gasteiger partial charge is 0.465 e. The SMILES string of the molecule is CC(C)COC(=O)CC(C)C.[AlH3]. The molecule has 0 N–H and O–H groups in total. The van der Waals surface area contributed by atoms with Gasteiger partial charge in [-0.25, -0.2) is 0 Å². The Morgan fingerprint density at radius 2 is 1.67 bits per heavy atom. The van der Waals surface area contributed by atoms with Crippen LogP contribution in [0, 0.1) is 11.8 Å². The normalized spacial score (nSPS) is 9.83. The first kappa shape index (κ1) is 14.5. The van der Waals surface area contributed by atoms with Crippen molar-refractivity contribution in [1.29, 1.82) is 0 Å². The summed E-state index contributed by atoms with van der Waals surface area (Å²) in [6.45, 7) is 8.63. The first-order valence-corrected chi connectivity index (χ1v) is 4.18. The molecule has 0 atom stereocenters. The molecule has 0 rings (SSSR count). The minimum atomic E-state index is -0.0753. The maximum atomic E-state index is 10.9. The zero-order valence-corrected chi connectivity index (χ0v) is 7.89. The molecule has 72 valence electrons. The summed E-state index contributed by atoms with van der Waals surface area (Å²) in [6.07, 6.45) is 0.534. The van der Waals surface area contributed by atoms with Gasteiger partial charge in [0.2, 0.25) is 0 Å². The smallest absolute Gasteiger partial charge is 0.306 e. The number of carbonyl (C=O) groups excluding carboxylic acids is 1. The molecule has 0 fully saturated rings. The van der Waals surface area contributed by atoms with Crippen LogP contribution in [0.15, 0.2) is 0 Å². The van der Waals surface area contributed by atoms with Gasteiger partial charge in [0.1, 0.15) is 0 Å². The predicted molar refractivity (Wildman–Crippen MR) is 55.2 cm³/mol. The first-order chi connectivity index (χ1) is 5.02. The highest BCUT2D eigenvalue weighted by Crippen LogP contribution is 2.02. The fourth-order valence-electron chi connectivity index (χ4n) is 0.652. The molecule has 2 nitrogen and oxygen atoms in total. The van der Waals surface area contributed by atoms with E-state index in [4.69, 9.17) is 4.74 Å². The second kappa shape index (κ2) is 7.64. The summed E-state index contributed by atoms with van der Waals surface area (Å²) in [5.41, 5.74) is 0. The lowest BCUT2D eigenvalue weighted by Crippen LogP contribution is -2.11. The average molecular weight is 188 g/mol. The van der Waals surface area contributed by atoms with Crippen LogP contribution in [0.3, 0.4) is 0 Å². The Hall–Kier alpha value is 0.00247. The van der Waals surface area contributed by atoms with E-state index in [-0.39, 0.29) is 23.3 Å². The molecule has 0 aliphatic heterocycles. The van der Waals surface area contributed by atoms with E-state index >= 15 is 0 Å². The molecular weight excluding hydrogens is 167 g/mol. The molecule has 12 heavy (non-hydrogen) atoms. The van der Waals surface area contributed by atoms with Crippen LogP contribution >= 0.6 is 0 Å². The van der Waals surface area contributed by atoms with Gasteiger partial charge in [0.25, 0.3) is 0 Å². The van der Waals surface area contributed by atoms with E-state index in [0.29, 0.717) is 24.9 Å². The lowest BCUT2D eigenvalue weighted by molar-refractivity contribution is -0.145. The Labute approximate surface area is 85.8 Å². The Morgan fingerprint density at radius 1 is 1.17 bits per heavy atom. The second-order valence-corrected chi connectivity index (χ2v) is 3.67. The second-order valence-electron chi connectivity index (χ2n) is 3.67. The highest BCUT2D eigenvalue weighted by molar-refractivity contribution is 5.75. The molecule has 0 aromatic carbocycles. The van der Waals surface area contributed by atoms with Crippen molar-refractivity contribution in [2.75, 3.05) is 6.61 Å². The van der Waals surface area contributed by atoms with Crippen molar-refractivity contribution in [3.63, 3.8) is 0 Å². The van der Waals surface area contributed by atoms with Gasteiger partial charge >= 0.3 is 5.97 Å². The van der Waals surface area contributed by atoms with E-state index in [1.165, 1.54) is 0 Å². The standard InChI is InChI=1S/C9H18O2.Al.3H/c1-7(2)5-9(10)11-6-8(3)4;;;;/h7-8H,5-6H2,1-4H3;;;;. The van der Waals surface area contributed by atoms with Gasteiger partial charge in [0.05, 0.1) is 6.61 Å². The van der Waals surface area contributed by atoms with Gasteiger partial charge in [-0.15, -0.1) is 0 Å². The van der Waals surface area contributed by atoms with Crippen molar-refractivity contribution < 1.29 is 9.53 Å². The molecule has 0 heterocycles. The third-order valence-corrected chi connectivity index (χ3v) is 1.15. The molecule has 0 spiro atoms. The maximum Gasteiger partial charge on any atom is 0.306 e. The van der Waals surface area contributed by atoms with Crippen molar-refractivity contribution in [3.05, 3.63) is 0 Å². The predicted octanol–water partition coefficient (Wildman–Crippen LogP) is 1.05. The van der Waals surface area contributed by atoms with Gasteiger partial charge in [-0.1, -0.05) is 27.7 Å². The zero-order valence-electron chi connectivity index (χ0n) is 7.89. The zero-order chi connectivity index (χ0) is 8.85. The molecule has 0 aliphatic carbocycles. The lowest BCUT2D eigenvalue weighted by Gasteiger charge is -2.07. The number of rotatable bonds is 4. The summed E-state index contributed by atoms with van der Waals surface area (Å²) in [7, 11) is 0. The fourth-order valence-corrected chi connectivity index (χ4v) is 0.652. The number of hydrogen-bond donors (Lipinski definition) is 0. The van der Waals surface area contributed by atoms with Crippen LogP contribution < -0.4 is 0 Å². The van der Waals surface area contributed by atoms with E-state index in [1.807, 2.05) is 27.7 Å². The van der Waals surface area contributed by atoms with E-state index in [0.717, 1.165) is 0 Å². The molecule has 0 unspecified atom stereocenters. The summed E-state index contributed by atoms with van der Waals surface area (Å²) in [5.74, 6) is 0.759. The van der Waals surface area contributed by atoms with Crippen LogP contribution in [-0.4, -0.2) is 29.9 Å².